The van der Waals surface area contributed by atoms with E-state index in [2.05, 4.69) is 10.3 Å². The van der Waals surface area contributed by atoms with Crippen molar-refractivity contribution in [2.45, 2.75) is 31.9 Å². The molecule has 2 heterocycles. The molecule has 1 saturated heterocycles. The van der Waals surface area contributed by atoms with Crippen molar-refractivity contribution in [2.75, 3.05) is 19.7 Å². The molecule has 1 aliphatic heterocycles. The maximum atomic E-state index is 12.8. The molecule has 1 aliphatic rings. The summed E-state index contributed by atoms with van der Waals surface area (Å²) in [5.74, 6) is -0.163. The van der Waals surface area contributed by atoms with Crippen molar-refractivity contribution in [3.63, 3.8) is 0 Å². The van der Waals surface area contributed by atoms with Gasteiger partial charge in [0.2, 0.25) is 5.91 Å². The van der Waals surface area contributed by atoms with Crippen LogP contribution in [-0.2, 0) is 16.1 Å². The maximum Gasteiger partial charge on any atom is 0.251 e. The Hall–Kier alpha value is -2.73. The van der Waals surface area contributed by atoms with Crippen LogP contribution in [0.25, 0.3) is 0 Å². The smallest absolute Gasteiger partial charge is 0.251 e. The summed E-state index contributed by atoms with van der Waals surface area (Å²) >= 11 is 0. The fraction of sp³-hybridized carbons (Fsp3) is 0.381. The van der Waals surface area contributed by atoms with E-state index >= 15 is 0 Å². The van der Waals surface area contributed by atoms with Crippen LogP contribution in [0.3, 0.4) is 0 Å². The Morgan fingerprint density at radius 2 is 2.04 bits per heavy atom. The highest BCUT2D eigenvalue weighted by molar-refractivity contribution is 5.94. The van der Waals surface area contributed by atoms with Crippen molar-refractivity contribution >= 4 is 11.8 Å². The van der Waals surface area contributed by atoms with E-state index in [0.29, 0.717) is 25.2 Å². The van der Waals surface area contributed by atoms with Crippen LogP contribution in [0, 0.1) is 0 Å². The lowest BCUT2D eigenvalue weighted by atomic mass is 10.2. The SMILES string of the molecule is O=C(NCCC(=O)N(Cc1cccnc1)C[C@@H]1CCCO1)c1ccccc1. The zero-order chi connectivity index (χ0) is 18.9. The molecule has 6 heteroatoms. The van der Waals surface area contributed by atoms with E-state index in [1.807, 2.05) is 35.2 Å². The molecule has 1 aromatic carbocycles. The summed E-state index contributed by atoms with van der Waals surface area (Å²) in [6.07, 6.45) is 5.84. The molecule has 2 amide bonds. The maximum absolute atomic E-state index is 12.8. The second-order valence-electron chi connectivity index (χ2n) is 6.64. The van der Waals surface area contributed by atoms with Gasteiger partial charge in [-0.2, -0.15) is 0 Å². The predicted molar refractivity (Wildman–Crippen MR) is 102 cm³/mol. The molecule has 0 unspecified atom stereocenters. The van der Waals surface area contributed by atoms with Gasteiger partial charge in [0.1, 0.15) is 0 Å². The van der Waals surface area contributed by atoms with Gasteiger partial charge in [-0.05, 0) is 36.6 Å². The van der Waals surface area contributed by atoms with Crippen LogP contribution in [-0.4, -0.2) is 47.5 Å². The number of nitrogens with zero attached hydrogens (tertiary/aromatic N) is 2. The zero-order valence-electron chi connectivity index (χ0n) is 15.3. The number of amides is 2. The molecule has 1 N–H and O–H groups in total. The topological polar surface area (TPSA) is 71.5 Å². The number of aromatic nitrogens is 1. The molecule has 1 atom stereocenters. The molecule has 6 nitrogen and oxygen atoms in total. The molecule has 0 radical (unpaired) electrons. The number of ether oxygens (including phenoxy) is 1. The number of pyridine rings is 1. The van der Waals surface area contributed by atoms with Crippen LogP contribution >= 0.6 is 0 Å². The van der Waals surface area contributed by atoms with E-state index in [4.69, 9.17) is 4.74 Å². The number of hydrogen-bond donors (Lipinski definition) is 1. The molecule has 0 saturated carbocycles. The van der Waals surface area contributed by atoms with Crippen LogP contribution in [0.2, 0.25) is 0 Å². The number of hydrogen-bond acceptors (Lipinski definition) is 4. The van der Waals surface area contributed by atoms with Crippen LogP contribution in [0.1, 0.15) is 35.2 Å². The molecule has 142 valence electrons. The third-order valence-electron chi connectivity index (χ3n) is 4.56. The average molecular weight is 367 g/mol. The summed E-state index contributed by atoms with van der Waals surface area (Å²) in [5, 5.41) is 2.81. The Labute approximate surface area is 159 Å². The molecule has 27 heavy (non-hydrogen) atoms. The number of nitrogens with one attached hydrogen (secondary N) is 1. The monoisotopic (exact) mass is 367 g/mol. The van der Waals surface area contributed by atoms with Gasteiger partial charge in [0, 0.05) is 50.6 Å². The summed E-state index contributed by atoms with van der Waals surface area (Å²) in [5.41, 5.74) is 1.58. The van der Waals surface area contributed by atoms with E-state index in [9.17, 15) is 9.59 Å². The summed E-state index contributed by atoms with van der Waals surface area (Å²) < 4.78 is 5.69. The quantitative estimate of drug-likeness (QED) is 0.778. The molecule has 3 rings (SSSR count). The van der Waals surface area contributed by atoms with Gasteiger partial charge in [-0.3, -0.25) is 14.6 Å². The van der Waals surface area contributed by atoms with Gasteiger partial charge < -0.3 is 15.0 Å². The van der Waals surface area contributed by atoms with E-state index < -0.39 is 0 Å². The van der Waals surface area contributed by atoms with E-state index in [-0.39, 0.29) is 24.3 Å². The molecule has 0 bridgehead atoms. The summed E-state index contributed by atoms with van der Waals surface area (Å²) in [4.78, 5) is 30.8. The van der Waals surface area contributed by atoms with Gasteiger partial charge >= 0.3 is 0 Å². The van der Waals surface area contributed by atoms with E-state index in [1.165, 1.54) is 0 Å². The Morgan fingerprint density at radius 1 is 1.19 bits per heavy atom. The average Bonchev–Trinajstić information content (AvgIpc) is 3.22. The summed E-state index contributed by atoms with van der Waals surface area (Å²) in [7, 11) is 0. The highest BCUT2D eigenvalue weighted by Gasteiger charge is 2.22. The first-order chi connectivity index (χ1) is 13.2. The number of benzene rings is 1. The van der Waals surface area contributed by atoms with Crippen LogP contribution < -0.4 is 5.32 Å². The minimum atomic E-state index is -0.165. The van der Waals surface area contributed by atoms with Crippen molar-refractivity contribution in [2.24, 2.45) is 0 Å². The van der Waals surface area contributed by atoms with Crippen molar-refractivity contribution in [3.05, 3.63) is 66.0 Å². The Kier molecular flexibility index (Phi) is 6.93. The number of carbonyl (C=O) groups excluding carboxylic acids is 2. The molecule has 0 aliphatic carbocycles. The standard InChI is InChI=1S/C21H25N3O3/c25-20(10-12-23-21(26)18-7-2-1-3-8-18)24(16-19-9-5-13-27-19)15-17-6-4-11-22-14-17/h1-4,6-8,11,14,19H,5,9-10,12-13,15-16H2,(H,23,26)/t19-/m0/s1. The van der Waals surface area contributed by atoms with Gasteiger partial charge in [-0.1, -0.05) is 24.3 Å². The van der Waals surface area contributed by atoms with E-state index in [1.54, 1.807) is 24.5 Å². The van der Waals surface area contributed by atoms with Crippen molar-refractivity contribution < 1.29 is 14.3 Å². The lowest BCUT2D eigenvalue weighted by Crippen LogP contribution is -2.38. The lowest BCUT2D eigenvalue weighted by Gasteiger charge is -2.25. The number of carbonyl (C=O) groups is 2. The fourth-order valence-corrected chi connectivity index (χ4v) is 3.13. The zero-order valence-corrected chi connectivity index (χ0v) is 15.3. The Balaban J connectivity index is 1.54. The fourth-order valence-electron chi connectivity index (χ4n) is 3.13. The van der Waals surface area contributed by atoms with Gasteiger partial charge in [-0.15, -0.1) is 0 Å². The molecular weight excluding hydrogens is 342 g/mol. The lowest BCUT2D eigenvalue weighted by molar-refractivity contribution is -0.133. The Bertz CT molecular complexity index is 731. The third kappa shape index (κ3) is 5.89. The van der Waals surface area contributed by atoms with Crippen molar-refractivity contribution in [3.8, 4) is 0 Å². The van der Waals surface area contributed by atoms with Crippen LogP contribution in [0.5, 0.6) is 0 Å². The molecular formula is C21H25N3O3. The van der Waals surface area contributed by atoms with Crippen LogP contribution in [0.4, 0.5) is 0 Å². The molecule has 1 fully saturated rings. The summed E-state index contributed by atoms with van der Waals surface area (Å²) in [6.45, 7) is 2.13. The highest BCUT2D eigenvalue weighted by atomic mass is 16.5. The van der Waals surface area contributed by atoms with Gasteiger partial charge in [-0.25, -0.2) is 0 Å². The summed E-state index contributed by atoms with van der Waals surface area (Å²) in [6, 6.07) is 12.8. The largest absolute Gasteiger partial charge is 0.376 e. The molecule has 0 spiro atoms. The van der Waals surface area contributed by atoms with Crippen LogP contribution in [0.15, 0.2) is 54.9 Å². The first-order valence-corrected chi connectivity index (χ1v) is 9.34. The normalized spacial score (nSPS) is 16.1. The van der Waals surface area contributed by atoms with Crippen molar-refractivity contribution in [1.29, 1.82) is 0 Å². The second kappa shape index (κ2) is 9.83. The second-order valence-corrected chi connectivity index (χ2v) is 6.64. The van der Waals surface area contributed by atoms with Crippen molar-refractivity contribution in [1.82, 2.24) is 15.2 Å². The van der Waals surface area contributed by atoms with Gasteiger partial charge in [0.15, 0.2) is 0 Å². The predicted octanol–water partition coefficient (Wildman–Crippen LogP) is 2.41. The van der Waals surface area contributed by atoms with E-state index in [0.717, 1.165) is 25.0 Å². The first-order valence-electron chi connectivity index (χ1n) is 9.34. The third-order valence-corrected chi connectivity index (χ3v) is 4.56. The highest BCUT2D eigenvalue weighted by Crippen LogP contribution is 2.15. The van der Waals surface area contributed by atoms with Gasteiger partial charge in [0.05, 0.1) is 6.10 Å². The first kappa shape index (κ1) is 19.0. The van der Waals surface area contributed by atoms with Gasteiger partial charge in [0.25, 0.3) is 5.91 Å². The molecule has 1 aromatic heterocycles. The minimum Gasteiger partial charge on any atom is -0.376 e. The minimum absolute atomic E-state index is 0.00251. The number of rotatable bonds is 8. The Morgan fingerprint density at radius 3 is 2.74 bits per heavy atom. The molecule has 2 aromatic rings.